The number of aryl methyl sites for hydroxylation is 1. The summed E-state index contributed by atoms with van der Waals surface area (Å²) in [5.74, 6) is -0.839. The SMILES string of the molecule is Cc1ccc(F)cc1C(=O)N1CCOCC1c1cc(C(=O)NCc2ccccc2)no1. The number of nitrogens with zero attached hydrogens (tertiary/aromatic N) is 2. The van der Waals surface area contributed by atoms with Crippen LogP contribution in [0.4, 0.5) is 4.39 Å². The number of carbonyl (C=O) groups is 2. The van der Waals surface area contributed by atoms with E-state index in [0.29, 0.717) is 31.0 Å². The molecule has 1 saturated heterocycles. The van der Waals surface area contributed by atoms with Crippen molar-refractivity contribution in [2.45, 2.75) is 19.5 Å². The van der Waals surface area contributed by atoms with Crippen LogP contribution < -0.4 is 5.32 Å². The van der Waals surface area contributed by atoms with Crippen LogP contribution in [0.5, 0.6) is 0 Å². The molecule has 0 spiro atoms. The summed E-state index contributed by atoms with van der Waals surface area (Å²) >= 11 is 0. The van der Waals surface area contributed by atoms with Gasteiger partial charge in [0.05, 0.1) is 13.2 Å². The molecule has 31 heavy (non-hydrogen) atoms. The van der Waals surface area contributed by atoms with Crippen LogP contribution >= 0.6 is 0 Å². The van der Waals surface area contributed by atoms with Crippen molar-refractivity contribution in [1.82, 2.24) is 15.4 Å². The normalized spacial score (nSPS) is 16.2. The number of carbonyl (C=O) groups excluding carboxylic acids is 2. The van der Waals surface area contributed by atoms with E-state index in [-0.39, 0.29) is 29.7 Å². The average Bonchev–Trinajstić information content (AvgIpc) is 3.29. The number of halogens is 1. The summed E-state index contributed by atoms with van der Waals surface area (Å²) in [5.41, 5.74) is 2.04. The summed E-state index contributed by atoms with van der Waals surface area (Å²) in [4.78, 5) is 27.1. The molecule has 2 aromatic carbocycles. The van der Waals surface area contributed by atoms with E-state index >= 15 is 0 Å². The Morgan fingerprint density at radius 1 is 1.19 bits per heavy atom. The molecule has 1 N–H and O–H groups in total. The number of ether oxygens (including phenoxy) is 1. The highest BCUT2D eigenvalue weighted by Gasteiger charge is 2.33. The molecule has 0 saturated carbocycles. The van der Waals surface area contributed by atoms with Crippen LogP contribution in [0.15, 0.2) is 59.1 Å². The maximum absolute atomic E-state index is 13.7. The third kappa shape index (κ3) is 4.64. The molecule has 0 aliphatic carbocycles. The summed E-state index contributed by atoms with van der Waals surface area (Å²) in [6, 6.07) is 14.6. The van der Waals surface area contributed by atoms with Crippen molar-refractivity contribution < 1.29 is 23.2 Å². The Morgan fingerprint density at radius 2 is 2.00 bits per heavy atom. The highest BCUT2D eigenvalue weighted by atomic mass is 19.1. The minimum atomic E-state index is -0.563. The molecule has 1 aromatic heterocycles. The largest absolute Gasteiger partial charge is 0.377 e. The minimum Gasteiger partial charge on any atom is -0.377 e. The first-order chi connectivity index (χ1) is 15.0. The van der Waals surface area contributed by atoms with Crippen molar-refractivity contribution in [2.75, 3.05) is 19.8 Å². The highest BCUT2D eigenvalue weighted by Crippen LogP contribution is 2.27. The van der Waals surface area contributed by atoms with Gasteiger partial charge in [-0.2, -0.15) is 0 Å². The first-order valence-electron chi connectivity index (χ1n) is 9.96. The Hall–Kier alpha value is -3.52. The Labute approximate surface area is 178 Å². The molecule has 1 aliphatic rings. The number of amides is 2. The van der Waals surface area contributed by atoms with Gasteiger partial charge in [0.15, 0.2) is 11.5 Å². The van der Waals surface area contributed by atoms with Crippen LogP contribution in [0.1, 0.15) is 43.8 Å². The van der Waals surface area contributed by atoms with Crippen molar-refractivity contribution in [3.05, 3.63) is 88.6 Å². The van der Waals surface area contributed by atoms with Crippen molar-refractivity contribution in [3.8, 4) is 0 Å². The molecule has 1 fully saturated rings. The van der Waals surface area contributed by atoms with E-state index in [4.69, 9.17) is 9.26 Å². The Kier molecular flexibility index (Phi) is 6.08. The highest BCUT2D eigenvalue weighted by molar-refractivity contribution is 5.96. The molecule has 8 heteroatoms. The summed E-state index contributed by atoms with van der Waals surface area (Å²) in [6.45, 7) is 2.98. The van der Waals surface area contributed by atoms with Crippen molar-refractivity contribution in [1.29, 1.82) is 0 Å². The molecule has 7 nitrogen and oxygen atoms in total. The predicted octanol–water partition coefficient (Wildman–Crippen LogP) is 3.27. The lowest BCUT2D eigenvalue weighted by Crippen LogP contribution is -2.43. The minimum absolute atomic E-state index is 0.117. The van der Waals surface area contributed by atoms with Crippen LogP contribution in [0, 0.1) is 12.7 Å². The molecule has 0 bridgehead atoms. The first-order valence-corrected chi connectivity index (χ1v) is 9.96. The molecule has 0 radical (unpaired) electrons. The second kappa shape index (κ2) is 9.09. The molecule has 1 atom stereocenters. The van der Waals surface area contributed by atoms with Crippen molar-refractivity contribution in [2.24, 2.45) is 0 Å². The van der Waals surface area contributed by atoms with E-state index in [9.17, 15) is 14.0 Å². The fourth-order valence-electron chi connectivity index (χ4n) is 3.48. The van der Waals surface area contributed by atoms with E-state index in [2.05, 4.69) is 10.5 Å². The van der Waals surface area contributed by atoms with E-state index in [1.54, 1.807) is 17.9 Å². The maximum Gasteiger partial charge on any atom is 0.273 e. The molecule has 4 rings (SSSR count). The fourth-order valence-corrected chi connectivity index (χ4v) is 3.48. The first kappa shape index (κ1) is 20.7. The number of benzene rings is 2. The van der Waals surface area contributed by atoms with Gasteiger partial charge in [-0.3, -0.25) is 9.59 Å². The Balaban J connectivity index is 1.50. The van der Waals surface area contributed by atoms with Gasteiger partial charge in [0.2, 0.25) is 0 Å². The predicted molar refractivity (Wildman–Crippen MR) is 110 cm³/mol. The van der Waals surface area contributed by atoms with Gasteiger partial charge in [0, 0.05) is 24.7 Å². The maximum atomic E-state index is 13.7. The van der Waals surface area contributed by atoms with Gasteiger partial charge in [0.1, 0.15) is 11.9 Å². The van der Waals surface area contributed by atoms with Gasteiger partial charge in [-0.05, 0) is 30.2 Å². The van der Waals surface area contributed by atoms with Crippen molar-refractivity contribution in [3.63, 3.8) is 0 Å². The molecular weight excluding hydrogens is 401 g/mol. The van der Waals surface area contributed by atoms with Crippen LogP contribution in [0.2, 0.25) is 0 Å². The van der Waals surface area contributed by atoms with E-state index in [0.717, 1.165) is 5.56 Å². The zero-order chi connectivity index (χ0) is 21.8. The van der Waals surface area contributed by atoms with Gasteiger partial charge in [-0.15, -0.1) is 0 Å². The topological polar surface area (TPSA) is 84.7 Å². The zero-order valence-electron chi connectivity index (χ0n) is 17.0. The van der Waals surface area contributed by atoms with Gasteiger partial charge >= 0.3 is 0 Å². The molecule has 1 aliphatic heterocycles. The number of aromatic nitrogens is 1. The summed E-state index contributed by atoms with van der Waals surface area (Å²) in [7, 11) is 0. The van der Waals surface area contributed by atoms with E-state index < -0.39 is 11.9 Å². The van der Waals surface area contributed by atoms with E-state index in [1.807, 2.05) is 30.3 Å². The third-order valence-corrected chi connectivity index (χ3v) is 5.20. The summed E-state index contributed by atoms with van der Waals surface area (Å²) < 4.78 is 24.6. The smallest absolute Gasteiger partial charge is 0.273 e. The number of rotatable bonds is 5. The summed E-state index contributed by atoms with van der Waals surface area (Å²) in [6.07, 6.45) is 0. The quantitative estimate of drug-likeness (QED) is 0.681. The lowest BCUT2D eigenvalue weighted by atomic mass is 10.0. The third-order valence-electron chi connectivity index (χ3n) is 5.20. The van der Waals surface area contributed by atoms with Gasteiger partial charge in [-0.1, -0.05) is 41.6 Å². The molecule has 2 heterocycles. The number of nitrogens with one attached hydrogen (secondary N) is 1. The average molecular weight is 423 g/mol. The molecular formula is C23H22FN3O4. The van der Waals surface area contributed by atoms with Crippen LogP contribution in [-0.2, 0) is 11.3 Å². The molecule has 1 unspecified atom stereocenters. The van der Waals surface area contributed by atoms with E-state index in [1.165, 1.54) is 18.2 Å². The van der Waals surface area contributed by atoms with Gasteiger partial charge < -0.3 is 19.5 Å². The molecule has 3 aromatic rings. The van der Waals surface area contributed by atoms with Crippen LogP contribution in [-0.4, -0.2) is 41.6 Å². The second-order valence-corrected chi connectivity index (χ2v) is 7.33. The Morgan fingerprint density at radius 3 is 2.81 bits per heavy atom. The lowest BCUT2D eigenvalue weighted by molar-refractivity contribution is -0.0103. The zero-order valence-corrected chi connectivity index (χ0v) is 17.0. The standard InChI is InChI=1S/C23H22FN3O4/c1-15-7-8-17(24)11-18(15)23(29)27-9-10-30-14-20(27)21-12-19(26-31-21)22(28)25-13-16-5-3-2-4-6-16/h2-8,11-12,20H,9-10,13-14H2,1H3,(H,25,28). The molecule has 160 valence electrons. The summed E-state index contributed by atoms with van der Waals surface area (Å²) in [5, 5.41) is 6.65. The number of morpholine rings is 1. The van der Waals surface area contributed by atoms with Gasteiger partial charge in [-0.25, -0.2) is 4.39 Å². The number of hydrogen-bond acceptors (Lipinski definition) is 5. The second-order valence-electron chi connectivity index (χ2n) is 7.33. The lowest BCUT2D eigenvalue weighted by Gasteiger charge is -2.34. The van der Waals surface area contributed by atoms with Crippen LogP contribution in [0.25, 0.3) is 0 Å². The van der Waals surface area contributed by atoms with Crippen LogP contribution in [0.3, 0.4) is 0 Å². The van der Waals surface area contributed by atoms with Crippen molar-refractivity contribution >= 4 is 11.8 Å². The molecule has 2 amide bonds. The fraction of sp³-hybridized carbons (Fsp3) is 0.261. The number of hydrogen-bond donors (Lipinski definition) is 1. The monoisotopic (exact) mass is 423 g/mol. The van der Waals surface area contributed by atoms with Gasteiger partial charge in [0.25, 0.3) is 11.8 Å². The Bertz CT molecular complexity index is 1080.